The number of hydrogen-bond acceptors (Lipinski definition) is 4. The van der Waals surface area contributed by atoms with Gasteiger partial charge in [-0.15, -0.1) is 0 Å². The third-order valence-corrected chi connectivity index (χ3v) is 8.83. The highest BCUT2D eigenvalue weighted by molar-refractivity contribution is 5.98. The third-order valence-electron chi connectivity index (χ3n) is 8.83. The minimum atomic E-state index is 1.10. The van der Waals surface area contributed by atoms with Crippen LogP contribution in [0.15, 0.2) is 182 Å². The van der Waals surface area contributed by atoms with E-state index in [0.29, 0.717) is 0 Å². The van der Waals surface area contributed by atoms with Crippen LogP contribution in [0.4, 0.5) is 68.2 Å². The maximum Gasteiger partial charge on any atom is 0.216 e. The Bertz CT molecular complexity index is 1950. The first kappa shape index (κ1) is 26.5. The van der Waals surface area contributed by atoms with Crippen molar-refractivity contribution in [3.63, 3.8) is 0 Å². The van der Waals surface area contributed by atoms with E-state index in [1.807, 2.05) is 0 Å². The topological polar surface area (TPSA) is 18.3 Å². The number of fused-ring (bicyclic) bond motifs is 4. The number of benzene rings is 7. The normalized spacial score (nSPS) is 13.8. The lowest BCUT2D eigenvalue weighted by molar-refractivity contribution is 0.882. The van der Waals surface area contributed by atoms with Gasteiger partial charge in [0.25, 0.3) is 0 Å². The van der Waals surface area contributed by atoms with Gasteiger partial charge in [-0.2, -0.15) is 0 Å². The molecule has 2 aliphatic heterocycles. The van der Waals surface area contributed by atoms with E-state index in [2.05, 4.69) is 202 Å². The molecular weight excluding hydrogens is 560 g/mol. The van der Waals surface area contributed by atoms with Crippen LogP contribution in [0.1, 0.15) is 0 Å². The molecule has 7 aromatic rings. The van der Waals surface area contributed by atoms with E-state index in [0.717, 1.165) is 68.2 Å². The molecule has 2 aliphatic rings. The average molecular weight is 591 g/mol. The zero-order valence-electron chi connectivity index (χ0n) is 25.1. The molecule has 4 heteroatoms. The lowest BCUT2D eigenvalue weighted by Gasteiger charge is -2.33. The smallest absolute Gasteiger partial charge is 0.216 e. The van der Waals surface area contributed by atoms with E-state index in [-0.39, 0.29) is 0 Å². The van der Waals surface area contributed by atoms with Crippen LogP contribution >= 0.6 is 0 Å². The first-order chi connectivity index (χ1) is 22.9. The van der Waals surface area contributed by atoms with Crippen molar-refractivity contribution in [2.24, 2.45) is 0 Å². The first-order valence-corrected chi connectivity index (χ1v) is 15.6. The van der Waals surface area contributed by atoms with Gasteiger partial charge >= 0.3 is 0 Å². The molecule has 0 amide bonds. The van der Waals surface area contributed by atoms with Crippen LogP contribution in [-0.4, -0.2) is 0 Å². The van der Waals surface area contributed by atoms with Gasteiger partial charge in [-0.05, 0) is 54.6 Å². The Kier molecular flexibility index (Phi) is 6.27. The summed E-state index contributed by atoms with van der Waals surface area (Å²) in [5.74, 6) is 0. The molecule has 2 heterocycles. The summed E-state index contributed by atoms with van der Waals surface area (Å²) in [5.41, 5.74) is 13.6. The molecule has 0 aliphatic carbocycles. The maximum atomic E-state index is 2.39. The Morgan fingerprint density at radius 1 is 0.283 bits per heavy atom. The lowest BCUT2D eigenvalue weighted by Crippen LogP contribution is -2.26. The van der Waals surface area contributed by atoms with Crippen molar-refractivity contribution in [3.05, 3.63) is 182 Å². The molecule has 0 bridgehead atoms. The van der Waals surface area contributed by atoms with Gasteiger partial charge in [0.1, 0.15) is 22.7 Å². The second kappa shape index (κ2) is 10.9. The summed E-state index contributed by atoms with van der Waals surface area (Å²) in [6, 6.07) is 64.9. The highest BCUT2D eigenvalue weighted by atomic mass is 15.3. The molecule has 46 heavy (non-hydrogen) atoms. The largest absolute Gasteiger partial charge is 0.299 e. The zero-order valence-corrected chi connectivity index (χ0v) is 25.1. The van der Waals surface area contributed by atoms with E-state index in [4.69, 9.17) is 0 Å². The molecular formula is C42H30N4+2. The molecule has 4 nitrogen and oxygen atoms in total. The fourth-order valence-electron chi connectivity index (χ4n) is 6.93. The van der Waals surface area contributed by atoms with Gasteiger partial charge in [0.05, 0.1) is 6.07 Å². The Labute approximate surface area is 269 Å². The molecule has 0 atom stereocenters. The second-order valence-corrected chi connectivity index (χ2v) is 11.5. The number of anilines is 12. The minimum absolute atomic E-state index is 1.10. The molecule has 0 fully saturated rings. The molecule has 216 valence electrons. The SMILES string of the molecule is c1ccc(N2c3ccccc3[N+](c3cccc([N+]4c5ccccc5N(c5ccccc5)c5ccccc54)c3)c3ccccc32)cc1. The number of hydrogen-bond donors (Lipinski definition) is 0. The van der Waals surface area contributed by atoms with Crippen molar-refractivity contribution in [3.8, 4) is 0 Å². The third kappa shape index (κ3) is 4.16. The molecule has 2 radical (unpaired) electrons. The van der Waals surface area contributed by atoms with Gasteiger partial charge in [-0.3, -0.25) is 9.80 Å². The fourth-order valence-corrected chi connectivity index (χ4v) is 6.93. The van der Waals surface area contributed by atoms with Crippen molar-refractivity contribution in [1.82, 2.24) is 9.80 Å². The van der Waals surface area contributed by atoms with Crippen LogP contribution in [-0.2, 0) is 0 Å². The monoisotopic (exact) mass is 590 g/mol. The van der Waals surface area contributed by atoms with Crippen molar-refractivity contribution in [1.29, 1.82) is 0 Å². The van der Waals surface area contributed by atoms with E-state index >= 15 is 0 Å². The highest BCUT2D eigenvalue weighted by Crippen LogP contribution is 2.56. The molecule has 0 unspecified atom stereocenters. The van der Waals surface area contributed by atoms with Gasteiger partial charge in [-0.25, -0.2) is 0 Å². The summed E-state index contributed by atoms with van der Waals surface area (Å²) in [6.45, 7) is 0. The van der Waals surface area contributed by atoms with Crippen molar-refractivity contribution in [2.75, 3.05) is 9.80 Å². The van der Waals surface area contributed by atoms with Gasteiger partial charge in [0.2, 0.25) is 22.7 Å². The number of rotatable bonds is 4. The summed E-state index contributed by atoms with van der Waals surface area (Å²) in [5, 5.41) is 0. The van der Waals surface area contributed by atoms with Crippen LogP contribution in [0.5, 0.6) is 0 Å². The van der Waals surface area contributed by atoms with Gasteiger partial charge in [0, 0.05) is 47.8 Å². The molecule has 0 N–H and O–H groups in total. The van der Waals surface area contributed by atoms with E-state index in [1.54, 1.807) is 0 Å². The van der Waals surface area contributed by atoms with Crippen LogP contribution in [0.2, 0.25) is 0 Å². The second-order valence-electron chi connectivity index (χ2n) is 11.5. The summed E-state index contributed by atoms with van der Waals surface area (Å²) >= 11 is 0. The Morgan fingerprint density at radius 2 is 0.587 bits per heavy atom. The first-order valence-electron chi connectivity index (χ1n) is 15.6. The average Bonchev–Trinajstić information content (AvgIpc) is 3.13. The number of nitrogens with zero attached hydrogens (tertiary/aromatic N) is 4. The van der Waals surface area contributed by atoms with Gasteiger partial charge < -0.3 is 0 Å². The van der Waals surface area contributed by atoms with Gasteiger partial charge in [0.15, 0.2) is 11.4 Å². The zero-order chi connectivity index (χ0) is 30.5. The minimum Gasteiger partial charge on any atom is -0.299 e. The predicted molar refractivity (Wildman–Crippen MR) is 191 cm³/mol. The van der Waals surface area contributed by atoms with Crippen molar-refractivity contribution < 1.29 is 0 Å². The predicted octanol–water partition coefficient (Wildman–Crippen LogP) is 12.1. The van der Waals surface area contributed by atoms with Crippen LogP contribution in [0.3, 0.4) is 0 Å². The molecule has 0 saturated heterocycles. The maximum absolute atomic E-state index is 2.39. The number of para-hydroxylation sites is 10. The molecule has 9 rings (SSSR count). The summed E-state index contributed by atoms with van der Waals surface area (Å²) in [6.07, 6.45) is 0. The van der Waals surface area contributed by atoms with Crippen molar-refractivity contribution >= 4 is 68.2 Å². The van der Waals surface area contributed by atoms with Crippen molar-refractivity contribution in [2.45, 2.75) is 0 Å². The highest BCUT2D eigenvalue weighted by Gasteiger charge is 2.43. The van der Waals surface area contributed by atoms with E-state index < -0.39 is 0 Å². The summed E-state index contributed by atoms with van der Waals surface area (Å²) in [7, 11) is 0. The van der Waals surface area contributed by atoms with Gasteiger partial charge in [-0.1, -0.05) is 94.7 Å². The van der Waals surface area contributed by atoms with Crippen LogP contribution in [0, 0.1) is 0 Å². The van der Waals surface area contributed by atoms with E-state index in [9.17, 15) is 0 Å². The quantitative estimate of drug-likeness (QED) is 0.190. The van der Waals surface area contributed by atoms with Crippen LogP contribution < -0.4 is 19.6 Å². The molecule has 7 aromatic carbocycles. The van der Waals surface area contributed by atoms with E-state index in [1.165, 1.54) is 0 Å². The Morgan fingerprint density at radius 3 is 0.935 bits per heavy atom. The lowest BCUT2D eigenvalue weighted by atomic mass is 10.0. The molecule has 0 aromatic heterocycles. The van der Waals surface area contributed by atoms with Crippen LogP contribution in [0.25, 0.3) is 0 Å². The Balaban J connectivity index is 1.22. The summed E-state index contributed by atoms with van der Waals surface area (Å²) in [4.78, 5) is 9.51. The Hall–Kier alpha value is -5.94. The fraction of sp³-hybridized carbons (Fsp3) is 0. The standard InChI is InChI=1S/C42H30N4/c1-3-16-31(17-4-1)43-35-22-7-11-26-39(35)45(40-27-12-8-23-36(40)43)33-20-15-21-34(30-33)46-41-28-13-9-24-37(41)44(32-18-5-2-6-19-32)38-25-10-14-29-42(38)46/h1-30H/q+2. The summed E-state index contributed by atoms with van der Waals surface area (Å²) < 4.78 is 0. The molecule has 0 saturated carbocycles. The molecule has 0 spiro atoms.